The minimum absolute atomic E-state index is 0.237. The molecule has 4 heterocycles. The zero-order valence-corrected chi connectivity index (χ0v) is 21.6. The molecule has 1 amide bonds. The average Bonchev–Trinajstić information content (AvgIpc) is 3.20. The van der Waals surface area contributed by atoms with E-state index >= 15 is 0 Å². The number of anilines is 1. The molecular formula is C25H28Cl2N8O. The van der Waals surface area contributed by atoms with E-state index in [-0.39, 0.29) is 17.6 Å². The van der Waals surface area contributed by atoms with Crippen LogP contribution < -0.4 is 10.6 Å². The first-order valence-electron chi connectivity index (χ1n) is 12.2. The highest BCUT2D eigenvalue weighted by atomic mass is 35.5. The monoisotopic (exact) mass is 526 g/mol. The van der Waals surface area contributed by atoms with E-state index < -0.39 is 0 Å². The number of carbonyl (C=O) groups is 1. The number of fused-ring (bicyclic) bond motifs is 1. The Bertz CT molecular complexity index is 1330. The number of hydrogen-bond acceptors (Lipinski definition) is 7. The van der Waals surface area contributed by atoms with Crippen LogP contribution in [-0.2, 0) is 4.79 Å². The van der Waals surface area contributed by atoms with Crippen molar-refractivity contribution in [2.24, 2.45) is 17.6 Å². The molecule has 0 bridgehead atoms. The number of rotatable bonds is 7. The van der Waals surface area contributed by atoms with Crippen molar-refractivity contribution in [3.63, 3.8) is 0 Å². The third kappa shape index (κ3) is 4.85. The molecule has 2 aliphatic heterocycles. The van der Waals surface area contributed by atoms with Gasteiger partial charge in [0.25, 0.3) is 0 Å². The standard InChI is InChI=1S/C25H28Cl2N8O/c1-15(19-5-4-18(26)9-20(19)27)35-25-24(21(10-28)32-35)30-11-23(31-25)34-13-17(14-34)16-3-2-7-33(12-16)8-6-22(29)36/h4-5,9,11,15-17H,2-3,6-8,12-14H2,1H3,(H2,29,36). The van der Waals surface area contributed by atoms with Crippen molar-refractivity contribution in [2.75, 3.05) is 37.6 Å². The van der Waals surface area contributed by atoms with E-state index in [2.05, 4.69) is 26.0 Å². The maximum absolute atomic E-state index is 11.2. The third-order valence-corrected chi connectivity index (χ3v) is 7.96. The summed E-state index contributed by atoms with van der Waals surface area (Å²) < 4.78 is 1.72. The van der Waals surface area contributed by atoms with Gasteiger partial charge in [0.05, 0.1) is 12.2 Å². The maximum atomic E-state index is 11.2. The number of aromatic nitrogens is 4. The van der Waals surface area contributed by atoms with Crippen molar-refractivity contribution in [1.29, 1.82) is 5.26 Å². The summed E-state index contributed by atoms with van der Waals surface area (Å²) in [5, 5.41) is 15.2. The number of likely N-dealkylation sites (tertiary alicyclic amines) is 1. The third-order valence-electron chi connectivity index (χ3n) is 7.39. The van der Waals surface area contributed by atoms with Crippen LogP contribution in [0.15, 0.2) is 24.4 Å². The molecule has 2 unspecified atom stereocenters. The number of amides is 1. The molecule has 0 aliphatic carbocycles. The summed E-state index contributed by atoms with van der Waals surface area (Å²) >= 11 is 12.5. The van der Waals surface area contributed by atoms with Crippen LogP contribution in [0.1, 0.15) is 43.5 Å². The van der Waals surface area contributed by atoms with Crippen molar-refractivity contribution in [2.45, 2.75) is 32.2 Å². The fourth-order valence-electron chi connectivity index (χ4n) is 5.31. The van der Waals surface area contributed by atoms with Crippen LogP contribution in [0.2, 0.25) is 10.0 Å². The number of primary amides is 1. The number of carbonyl (C=O) groups excluding carboxylic acids is 1. The Morgan fingerprint density at radius 3 is 2.81 bits per heavy atom. The Morgan fingerprint density at radius 2 is 2.08 bits per heavy atom. The number of benzene rings is 1. The van der Waals surface area contributed by atoms with Crippen LogP contribution in [0.25, 0.3) is 11.2 Å². The summed E-state index contributed by atoms with van der Waals surface area (Å²) in [4.78, 5) is 25.2. The van der Waals surface area contributed by atoms with Gasteiger partial charge in [-0.2, -0.15) is 10.4 Å². The lowest BCUT2D eigenvalue weighted by Crippen LogP contribution is -2.54. The average molecular weight is 527 g/mol. The van der Waals surface area contributed by atoms with Crippen LogP contribution >= 0.6 is 23.2 Å². The summed E-state index contributed by atoms with van der Waals surface area (Å²) in [5.41, 5.74) is 7.44. The van der Waals surface area contributed by atoms with Crippen LogP contribution in [-0.4, -0.2) is 63.3 Å². The Balaban J connectivity index is 1.33. The summed E-state index contributed by atoms with van der Waals surface area (Å²) in [5.74, 6) is 1.71. The predicted octanol–water partition coefficient (Wildman–Crippen LogP) is 3.64. The number of halogens is 2. The van der Waals surface area contributed by atoms with Crippen molar-refractivity contribution in [3.05, 3.63) is 45.7 Å². The lowest BCUT2D eigenvalue weighted by molar-refractivity contribution is -0.118. The molecular weight excluding hydrogens is 499 g/mol. The van der Waals surface area contributed by atoms with E-state index in [1.165, 1.54) is 6.42 Å². The first-order chi connectivity index (χ1) is 17.3. The van der Waals surface area contributed by atoms with E-state index in [0.29, 0.717) is 39.5 Å². The summed E-state index contributed by atoms with van der Waals surface area (Å²) in [6.45, 7) is 6.56. The normalized spacial score (nSPS) is 19.7. The van der Waals surface area contributed by atoms with Gasteiger partial charge in [-0.1, -0.05) is 29.3 Å². The van der Waals surface area contributed by atoms with E-state index in [9.17, 15) is 10.1 Å². The van der Waals surface area contributed by atoms with E-state index in [1.54, 1.807) is 23.0 Å². The van der Waals surface area contributed by atoms with Gasteiger partial charge < -0.3 is 15.5 Å². The zero-order chi connectivity index (χ0) is 25.4. The Kier molecular flexibility index (Phi) is 7.02. The van der Waals surface area contributed by atoms with E-state index in [0.717, 1.165) is 50.5 Å². The predicted molar refractivity (Wildman–Crippen MR) is 139 cm³/mol. The van der Waals surface area contributed by atoms with Gasteiger partial charge in [-0.25, -0.2) is 14.6 Å². The molecule has 1 aromatic carbocycles. The van der Waals surface area contributed by atoms with Crippen LogP contribution in [0.4, 0.5) is 5.82 Å². The Labute approximate surface area is 219 Å². The first-order valence-corrected chi connectivity index (χ1v) is 13.0. The molecule has 0 radical (unpaired) electrons. The Morgan fingerprint density at radius 1 is 1.28 bits per heavy atom. The van der Waals surface area contributed by atoms with Gasteiger partial charge in [-0.3, -0.25) is 4.79 Å². The van der Waals surface area contributed by atoms with Gasteiger partial charge in [-0.05, 0) is 55.8 Å². The highest BCUT2D eigenvalue weighted by Gasteiger charge is 2.36. The lowest BCUT2D eigenvalue weighted by Gasteiger charge is -2.47. The fourth-order valence-corrected chi connectivity index (χ4v) is 5.88. The molecule has 36 heavy (non-hydrogen) atoms. The van der Waals surface area contributed by atoms with E-state index in [1.807, 2.05) is 13.0 Å². The molecule has 2 fully saturated rings. The number of nitrogens with zero attached hydrogens (tertiary/aromatic N) is 7. The minimum atomic E-state index is -0.262. The second-order valence-electron chi connectivity index (χ2n) is 9.73. The van der Waals surface area contributed by atoms with Crippen LogP contribution in [0, 0.1) is 23.2 Å². The van der Waals surface area contributed by atoms with Crippen molar-refractivity contribution in [3.8, 4) is 6.07 Å². The Hall–Kier alpha value is -2.93. The second kappa shape index (κ2) is 10.2. The van der Waals surface area contributed by atoms with Crippen molar-refractivity contribution < 1.29 is 4.79 Å². The van der Waals surface area contributed by atoms with Gasteiger partial charge in [0, 0.05) is 42.6 Å². The molecule has 3 aromatic rings. The highest BCUT2D eigenvalue weighted by molar-refractivity contribution is 6.35. The number of nitrogens with two attached hydrogens (primary N) is 1. The first kappa shape index (κ1) is 24.8. The van der Waals surface area contributed by atoms with Gasteiger partial charge >= 0.3 is 0 Å². The van der Waals surface area contributed by atoms with Gasteiger partial charge in [-0.15, -0.1) is 0 Å². The van der Waals surface area contributed by atoms with Crippen molar-refractivity contribution in [1.82, 2.24) is 24.6 Å². The highest BCUT2D eigenvalue weighted by Crippen LogP contribution is 2.35. The maximum Gasteiger partial charge on any atom is 0.218 e. The van der Waals surface area contributed by atoms with E-state index in [4.69, 9.17) is 33.9 Å². The van der Waals surface area contributed by atoms with Crippen LogP contribution in [0.3, 0.4) is 0 Å². The molecule has 9 nitrogen and oxygen atoms in total. The number of hydrogen-bond donors (Lipinski definition) is 1. The molecule has 2 aliphatic rings. The SMILES string of the molecule is CC(c1ccc(Cl)cc1Cl)n1nc(C#N)c2ncc(N3CC(C4CCCN(CCC(N)=O)C4)C3)nc21. The zero-order valence-electron chi connectivity index (χ0n) is 20.1. The van der Waals surface area contributed by atoms with Crippen LogP contribution in [0.5, 0.6) is 0 Å². The van der Waals surface area contributed by atoms with Crippen molar-refractivity contribution >= 4 is 46.1 Å². The molecule has 188 valence electrons. The quantitative estimate of drug-likeness (QED) is 0.499. The molecule has 2 saturated heterocycles. The number of nitriles is 1. The molecule has 2 N–H and O–H groups in total. The molecule has 0 saturated carbocycles. The van der Waals surface area contributed by atoms with Gasteiger partial charge in [0.2, 0.25) is 5.91 Å². The molecule has 11 heteroatoms. The molecule has 0 spiro atoms. The summed E-state index contributed by atoms with van der Waals surface area (Å²) in [6, 6.07) is 7.22. The second-order valence-corrected chi connectivity index (χ2v) is 10.6. The van der Waals surface area contributed by atoms with Gasteiger partial charge in [0.15, 0.2) is 11.3 Å². The largest absolute Gasteiger partial charge is 0.370 e. The fraction of sp³-hybridized carbons (Fsp3) is 0.480. The number of piperidine rings is 1. The summed E-state index contributed by atoms with van der Waals surface area (Å²) in [7, 11) is 0. The smallest absolute Gasteiger partial charge is 0.218 e. The lowest BCUT2D eigenvalue weighted by atomic mass is 9.80. The summed E-state index contributed by atoms with van der Waals surface area (Å²) in [6.07, 6.45) is 4.49. The minimum Gasteiger partial charge on any atom is -0.370 e. The topological polar surface area (TPSA) is 117 Å². The molecule has 2 aromatic heterocycles. The molecule has 5 rings (SSSR count). The van der Waals surface area contributed by atoms with Gasteiger partial charge in [0.1, 0.15) is 17.4 Å². The molecule has 2 atom stereocenters.